The van der Waals surface area contributed by atoms with Crippen molar-refractivity contribution in [2.75, 3.05) is 0 Å². The van der Waals surface area contributed by atoms with Crippen LogP contribution in [0.2, 0.25) is 0 Å². The highest BCUT2D eigenvalue weighted by atomic mass is 16.3. The van der Waals surface area contributed by atoms with Crippen molar-refractivity contribution < 1.29 is 4.42 Å². The van der Waals surface area contributed by atoms with Gasteiger partial charge in [-0.05, 0) is 19.1 Å². The first kappa shape index (κ1) is 9.98. The van der Waals surface area contributed by atoms with Gasteiger partial charge in [0.2, 0.25) is 0 Å². The zero-order valence-electron chi connectivity index (χ0n) is 8.97. The van der Waals surface area contributed by atoms with Gasteiger partial charge in [-0.25, -0.2) is 4.98 Å². The first-order valence-electron chi connectivity index (χ1n) is 4.99. The summed E-state index contributed by atoms with van der Waals surface area (Å²) in [4.78, 5) is 4.06. The quantitative estimate of drug-likeness (QED) is 0.828. The number of nitrogens with one attached hydrogen (secondary N) is 1. The van der Waals surface area contributed by atoms with Crippen molar-refractivity contribution in [3.8, 4) is 0 Å². The molecule has 0 saturated carbocycles. The predicted octanol–water partition coefficient (Wildman–Crippen LogP) is 1.86. The van der Waals surface area contributed by atoms with Crippen LogP contribution in [-0.4, -0.2) is 9.55 Å². The van der Waals surface area contributed by atoms with E-state index in [0.29, 0.717) is 0 Å². The lowest BCUT2D eigenvalue weighted by Crippen LogP contribution is -2.18. The van der Waals surface area contributed by atoms with E-state index in [1.165, 1.54) is 0 Å². The molecule has 4 heteroatoms. The van der Waals surface area contributed by atoms with Gasteiger partial charge in [0.1, 0.15) is 5.76 Å². The second-order valence-corrected chi connectivity index (χ2v) is 3.61. The van der Waals surface area contributed by atoms with E-state index < -0.39 is 0 Å². The highest BCUT2D eigenvalue weighted by Gasteiger charge is 2.07. The van der Waals surface area contributed by atoms with Crippen molar-refractivity contribution in [1.29, 1.82) is 0 Å². The van der Waals surface area contributed by atoms with E-state index >= 15 is 0 Å². The molecule has 0 bridgehead atoms. The van der Waals surface area contributed by atoms with E-state index in [9.17, 15) is 0 Å². The molecule has 0 aliphatic rings. The first-order chi connectivity index (χ1) is 7.27. The smallest absolute Gasteiger partial charge is 0.120 e. The third-order valence-corrected chi connectivity index (χ3v) is 2.48. The van der Waals surface area contributed by atoms with Crippen molar-refractivity contribution >= 4 is 0 Å². The van der Waals surface area contributed by atoms with Crippen molar-refractivity contribution in [1.82, 2.24) is 14.9 Å². The molecule has 1 atom stereocenters. The van der Waals surface area contributed by atoms with Gasteiger partial charge in [-0.3, -0.25) is 0 Å². The normalized spacial score (nSPS) is 12.9. The molecule has 0 fully saturated rings. The second kappa shape index (κ2) is 4.31. The van der Waals surface area contributed by atoms with E-state index in [1.807, 2.05) is 29.9 Å². The van der Waals surface area contributed by atoms with Crippen LogP contribution < -0.4 is 5.32 Å². The van der Waals surface area contributed by atoms with Crippen LogP contribution in [0.3, 0.4) is 0 Å². The molecule has 0 amide bonds. The summed E-state index contributed by atoms with van der Waals surface area (Å²) in [5, 5.41) is 3.37. The summed E-state index contributed by atoms with van der Waals surface area (Å²) in [6.07, 6.45) is 5.36. The molecule has 0 aliphatic heterocycles. The van der Waals surface area contributed by atoms with E-state index in [4.69, 9.17) is 4.42 Å². The van der Waals surface area contributed by atoms with E-state index in [1.54, 1.807) is 12.6 Å². The van der Waals surface area contributed by atoms with Gasteiger partial charge in [0.25, 0.3) is 0 Å². The lowest BCUT2D eigenvalue weighted by molar-refractivity contribution is 0.427. The van der Waals surface area contributed by atoms with Crippen molar-refractivity contribution in [2.45, 2.75) is 19.5 Å². The highest BCUT2D eigenvalue weighted by Crippen LogP contribution is 2.12. The monoisotopic (exact) mass is 205 g/mol. The molecule has 0 radical (unpaired) electrons. The van der Waals surface area contributed by atoms with Gasteiger partial charge < -0.3 is 14.3 Å². The Hall–Kier alpha value is -1.55. The second-order valence-electron chi connectivity index (χ2n) is 3.61. The van der Waals surface area contributed by atoms with Crippen LogP contribution in [0.15, 0.2) is 35.3 Å². The minimum absolute atomic E-state index is 0.218. The van der Waals surface area contributed by atoms with Gasteiger partial charge in [0.15, 0.2) is 0 Å². The topological polar surface area (TPSA) is 43.0 Å². The molecule has 80 valence electrons. The van der Waals surface area contributed by atoms with Gasteiger partial charge in [-0.15, -0.1) is 0 Å². The largest absolute Gasteiger partial charge is 0.468 e. The predicted molar refractivity (Wildman–Crippen MR) is 57.2 cm³/mol. The Labute approximate surface area is 88.9 Å². The number of rotatable bonds is 4. The average Bonchev–Trinajstić information content (AvgIpc) is 2.85. The number of hydrogen-bond acceptors (Lipinski definition) is 3. The van der Waals surface area contributed by atoms with Crippen LogP contribution in [-0.2, 0) is 13.6 Å². The maximum atomic E-state index is 5.31. The van der Waals surface area contributed by atoms with E-state index in [0.717, 1.165) is 18.0 Å². The fourth-order valence-electron chi connectivity index (χ4n) is 1.45. The molecule has 15 heavy (non-hydrogen) atoms. The summed E-state index contributed by atoms with van der Waals surface area (Å²) < 4.78 is 7.31. The lowest BCUT2D eigenvalue weighted by atomic mass is 10.2. The van der Waals surface area contributed by atoms with Crippen molar-refractivity contribution in [3.05, 3.63) is 42.4 Å². The Morgan fingerprint density at radius 2 is 2.47 bits per heavy atom. The van der Waals surface area contributed by atoms with Crippen LogP contribution in [0, 0.1) is 0 Å². The summed E-state index contributed by atoms with van der Waals surface area (Å²) >= 11 is 0. The number of imidazole rings is 1. The number of nitrogens with zero attached hydrogens (tertiary/aromatic N) is 2. The van der Waals surface area contributed by atoms with E-state index in [2.05, 4.69) is 17.2 Å². The molecule has 2 heterocycles. The molecule has 0 aliphatic carbocycles. The maximum Gasteiger partial charge on any atom is 0.120 e. The van der Waals surface area contributed by atoms with Gasteiger partial charge >= 0.3 is 0 Å². The Kier molecular flexibility index (Phi) is 2.87. The third kappa shape index (κ3) is 2.27. The Bertz CT molecular complexity index is 405. The molecule has 0 saturated heterocycles. The van der Waals surface area contributed by atoms with Crippen molar-refractivity contribution in [2.24, 2.45) is 7.05 Å². The summed E-state index contributed by atoms with van der Waals surface area (Å²) in [7, 11) is 1.99. The van der Waals surface area contributed by atoms with Crippen molar-refractivity contribution in [3.63, 3.8) is 0 Å². The van der Waals surface area contributed by atoms with Gasteiger partial charge in [0.05, 0.1) is 24.3 Å². The third-order valence-electron chi connectivity index (χ3n) is 2.48. The molecular weight excluding hydrogens is 190 g/mol. The zero-order valence-corrected chi connectivity index (χ0v) is 8.97. The number of aryl methyl sites for hydroxylation is 1. The van der Waals surface area contributed by atoms with Gasteiger partial charge in [-0.1, -0.05) is 0 Å². The van der Waals surface area contributed by atoms with Crippen LogP contribution in [0.4, 0.5) is 0 Å². The number of hydrogen-bond donors (Lipinski definition) is 1. The first-order valence-corrected chi connectivity index (χ1v) is 4.99. The molecule has 2 aromatic rings. The standard InChI is InChI=1S/C11H15N3O/c1-9(11-4-3-5-15-11)13-7-10-6-12-8-14(10)2/h3-6,8-9,13H,7H2,1-2H3/t9-/m1/s1. The molecular formula is C11H15N3O. The lowest BCUT2D eigenvalue weighted by Gasteiger charge is -2.11. The molecule has 2 aromatic heterocycles. The maximum absolute atomic E-state index is 5.31. The van der Waals surface area contributed by atoms with Crippen LogP contribution in [0.1, 0.15) is 24.4 Å². The Morgan fingerprint density at radius 1 is 1.60 bits per heavy atom. The summed E-state index contributed by atoms with van der Waals surface area (Å²) in [5.41, 5.74) is 1.16. The molecule has 0 aromatic carbocycles. The zero-order chi connectivity index (χ0) is 10.7. The molecule has 4 nitrogen and oxygen atoms in total. The average molecular weight is 205 g/mol. The van der Waals surface area contributed by atoms with Crippen LogP contribution in [0.5, 0.6) is 0 Å². The fourth-order valence-corrected chi connectivity index (χ4v) is 1.45. The molecule has 0 unspecified atom stereocenters. The fraction of sp³-hybridized carbons (Fsp3) is 0.364. The Balaban J connectivity index is 1.91. The SMILES string of the molecule is C[C@@H](NCc1cncn1C)c1ccco1. The molecule has 2 rings (SSSR count). The summed E-state index contributed by atoms with van der Waals surface area (Å²) in [6.45, 7) is 2.87. The van der Waals surface area contributed by atoms with Crippen LogP contribution in [0.25, 0.3) is 0 Å². The highest BCUT2D eigenvalue weighted by molar-refractivity contribution is 5.04. The number of furan rings is 1. The van der Waals surface area contributed by atoms with Crippen LogP contribution >= 0.6 is 0 Å². The minimum Gasteiger partial charge on any atom is -0.468 e. The Morgan fingerprint density at radius 3 is 3.07 bits per heavy atom. The molecule has 1 N–H and O–H groups in total. The summed E-state index contributed by atoms with van der Waals surface area (Å²) in [5.74, 6) is 0.956. The minimum atomic E-state index is 0.218. The van der Waals surface area contributed by atoms with Gasteiger partial charge in [0, 0.05) is 19.8 Å². The van der Waals surface area contributed by atoms with E-state index in [-0.39, 0.29) is 6.04 Å². The summed E-state index contributed by atoms with van der Waals surface area (Å²) in [6, 6.07) is 4.09. The number of aromatic nitrogens is 2. The van der Waals surface area contributed by atoms with Gasteiger partial charge in [-0.2, -0.15) is 0 Å². The molecule has 0 spiro atoms.